The molecular formula is C14H15Cl3N2O. The Labute approximate surface area is 132 Å². The third-order valence-electron chi connectivity index (χ3n) is 3.78. The van der Waals surface area contributed by atoms with Crippen molar-refractivity contribution in [2.45, 2.75) is 37.8 Å². The lowest BCUT2D eigenvalue weighted by molar-refractivity contribution is 0.00661. The van der Waals surface area contributed by atoms with Gasteiger partial charge in [0.2, 0.25) is 0 Å². The zero-order valence-corrected chi connectivity index (χ0v) is 13.4. The Hall–Kier alpha value is -0.480. The number of benzene rings is 1. The first kappa shape index (κ1) is 14.5. The van der Waals surface area contributed by atoms with Gasteiger partial charge >= 0.3 is 0 Å². The fourth-order valence-electron chi connectivity index (χ4n) is 2.74. The van der Waals surface area contributed by atoms with E-state index in [2.05, 4.69) is 16.5 Å². The number of imidazole rings is 1. The zero-order valence-electron chi connectivity index (χ0n) is 11.1. The second-order valence-electron chi connectivity index (χ2n) is 5.40. The van der Waals surface area contributed by atoms with Crippen LogP contribution in [-0.2, 0) is 17.2 Å². The summed E-state index contributed by atoms with van der Waals surface area (Å²) in [4.78, 5) is 4.54. The average Bonchev–Trinajstić information content (AvgIpc) is 2.96. The monoisotopic (exact) mass is 332 g/mol. The third-order valence-corrected chi connectivity index (χ3v) is 4.74. The molecule has 1 aliphatic heterocycles. The summed E-state index contributed by atoms with van der Waals surface area (Å²) in [6.45, 7) is 3.66. The van der Waals surface area contributed by atoms with Crippen LogP contribution in [0, 0.1) is 0 Å². The average molecular weight is 334 g/mol. The molecule has 0 N–H and O–H groups in total. The maximum absolute atomic E-state index is 6.13. The first-order chi connectivity index (χ1) is 9.52. The molecule has 2 aromatic rings. The molecule has 1 aliphatic rings. The van der Waals surface area contributed by atoms with E-state index in [1.165, 1.54) is 0 Å². The van der Waals surface area contributed by atoms with E-state index >= 15 is 0 Å². The Bertz CT molecular complexity index is 647. The zero-order chi connectivity index (χ0) is 14.3. The highest BCUT2D eigenvalue weighted by molar-refractivity contribution is 6.42. The smallest absolute Gasteiger partial charge is 0.124 e. The number of hydrogen-bond acceptors (Lipinski definition) is 2. The molecule has 3 rings (SSSR count). The molecule has 0 amide bonds. The van der Waals surface area contributed by atoms with E-state index in [9.17, 15) is 0 Å². The van der Waals surface area contributed by atoms with Gasteiger partial charge in [0.1, 0.15) is 5.82 Å². The van der Waals surface area contributed by atoms with Gasteiger partial charge < -0.3 is 9.30 Å². The molecule has 0 bridgehead atoms. The van der Waals surface area contributed by atoms with Gasteiger partial charge in [-0.1, -0.05) is 23.2 Å². The molecule has 0 radical (unpaired) electrons. The minimum Gasteiger partial charge on any atom is -0.373 e. The highest BCUT2D eigenvalue weighted by Crippen LogP contribution is 2.32. The minimum absolute atomic E-state index is 0.166. The predicted octanol–water partition coefficient (Wildman–Crippen LogP) is 4.65. The summed E-state index contributed by atoms with van der Waals surface area (Å²) >= 11 is 18.2. The summed E-state index contributed by atoms with van der Waals surface area (Å²) in [5.74, 6) is 1.16. The third kappa shape index (κ3) is 2.52. The Morgan fingerprint density at radius 3 is 2.75 bits per heavy atom. The van der Waals surface area contributed by atoms with Crippen LogP contribution >= 0.6 is 34.8 Å². The number of fused-ring (bicyclic) bond motifs is 1. The van der Waals surface area contributed by atoms with Crippen LogP contribution in [0.2, 0.25) is 10.0 Å². The number of alkyl halides is 1. The quantitative estimate of drug-likeness (QED) is 0.764. The summed E-state index contributed by atoms with van der Waals surface area (Å²) in [5, 5.41) is 1.03. The van der Waals surface area contributed by atoms with Crippen molar-refractivity contribution in [1.29, 1.82) is 0 Å². The van der Waals surface area contributed by atoms with Crippen molar-refractivity contribution >= 4 is 45.8 Å². The van der Waals surface area contributed by atoms with E-state index in [0.717, 1.165) is 42.9 Å². The van der Waals surface area contributed by atoms with Crippen LogP contribution in [0.25, 0.3) is 11.0 Å². The van der Waals surface area contributed by atoms with Gasteiger partial charge in [-0.2, -0.15) is 0 Å². The molecule has 1 saturated heterocycles. The van der Waals surface area contributed by atoms with Crippen molar-refractivity contribution in [1.82, 2.24) is 9.55 Å². The Kier molecular flexibility index (Phi) is 3.89. The normalized spacial score (nSPS) is 22.8. The molecule has 1 aromatic heterocycles. The molecule has 108 valence electrons. The second kappa shape index (κ2) is 5.38. The fourth-order valence-corrected chi connectivity index (χ4v) is 3.26. The molecule has 2 heterocycles. The lowest BCUT2D eigenvalue weighted by Gasteiger charge is -2.25. The molecule has 3 nitrogen and oxygen atoms in total. The summed E-state index contributed by atoms with van der Waals surface area (Å²) in [6.07, 6.45) is 2.13. The molecule has 20 heavy (non-hydrogen) atoms. The van der Waals surface area contributed by atoms with Crippen molar-refractivity contribution in [3.63, 3.8) is 0 Å². The molecule has 1 fully saturated rings. The van der Waals surface area contributed by atoms with Crippen LogP contribution in [0.5, 0.6) is 0 Å². The number of halogens is 3. The highest BCUT2D eigenvalue weighted by Gasteiger charge is 2.31. The van der Waals surface area contributed by atoms with Crippen LogP contribution in [-0.4, -0.2) is 21.8 Å². The lowest BCUT2D eigenvalue weighted by atomic mass is 10.0. The Morgan fingerprint density at radius 2 is 2.10 bits per heavy atom. The first-order valence-corrected chi connectivity index (χ1v) is 7.85. The van der Waals surface area contributed by atoms with Crippen molar-refractivity contribution in [3.8, 4) is 0 Å². The fraction of sp³-hybridized carbons (Fsp3) is 0.500. The van der Waals surface area contributed by atoms with Crippen molar-refractivity contribution < 1.29 is 4.74 Å². The van der Waals surface area contributed by atoms with Gasteiger partial charge in [-0.25, -0.2) is 4.98 Å². The topological polar surface area (TPSA) is 27.1 Å². The van der Waals surface area contributed by atoms with E-state index in [0.29, 0.717) is 15.9 Å². The van der Waals surface area contributed by atoms with E-state index in [4.69, 9.17) is 39.5 Å². The van der Waals surface area contributed by atoms with Gasteiger partial charge in [-0.15, -0.1) is 11.6 Å². The number of rotatable bonds is 3. The first-order valence-electron chi connectivity index (χ1n) is 6.56. The number of ether oxygens (including phenoxy) is 1. The van der Waals surface area contributed by atoms with Gasteiger partial charge in [0.05, 0.1) is 39.1 Å². The molecule has 0 aliphatic carbocycles. The molecule has 1 unspecified atom stereocenters. The largest absolute Gasteiger partial charge is 0.373 e. The SMILES string of the molecule is CC1(Cn2c(CCl)nc3cc(Cl)c(Cl)cc32)CCCO1. The van der Waals surface area contributed by atoms with E-state index in [-0.39, 0.29) is 5.60 Å². The standard InChI is InChI=1S/C14H15Cl3N2O/c1-14(3-2-4-20-14)8-19-12-6-10(17)9(16)5-11(12)18-13(19)7-15/h5-6H,2-4,7-8H2,1H3. The molecular weight excluding hydrogens is 319 g/mol. The molecule has 6 heteroatoms. The molecule has 0 spiro atoms. The molecule has 1 atom stereocenters. The number of aromatic nitrogens is 2. The van der Waals surface area contributed by atoms with Crippen LogP contribution in [0.3, 0.4) is 0 Å². The molecule has 0 saturated carbocycles. The number of nitrogens with zero attached hydrogens (tertiary/aromatic N) is 2. The Balaban J connectivity index is 2.10. The summed E-state index contributed by atoms with van der Waals surface area (Å²) in [7, 11) is 0. The van der Waals surface area contributed by atoms with E-state index in [1.807, 2.05) is 6.07 Å². The maximum atomic E-state index is 6.13. The van der Waals surface area contributed by atoms with Gasteiger partial charge in [-0.05, 0) is 31.9 Å². The van der Waals surface area contributed by atoms with Gasteiger partial charge in [0, 0.05) is 6.61 Å². The van der Waals surface area contributed by atoms with Crippen molar-refractivity contribution in [2.24, 2.45) is 0 Å². The molecule has 1 aromatic carbocycles. The minimum atomic E-state index is -0.166. The van der Waals surface area contributed by atoms with Crippen LogP contribution in [0.15, 0.2) is 12.1 Å². The van der Waals surface area contributed by atoms with E-state index < -0.39 is 0 Å². The maximum Gasteiger partial charge on any atom is 0.124 e. The predicted molar refractivity (Wildman–Crippen MR) is 82.9 cm³/mol. The van der Waals surface area contributed by atoms with E-state index in [1.54, 1.807) is 6.07 Å². The van der Waals surface area contributed by atoms with Crippen molar-refractivity contribution in [2.75, 3.05) is 6.61 Å². The van der Waals surface area contributed by atoms with Crippen LogP contribution in [0.1, 0.15) is 25.6 Å². The number of hydrogen-bond donors (Lipinski definition) is 0. The van der Waals surface area contributed by atoms with Gasteiger partial charge in [0.15, 0.2) is 0 Å². The van der Waals surface area contributed by atoms with Gasteiger partial charge in [0.25, 0.3) is 0 Å². The lowest BCUT2D eigenvalue weighted by Crippen LogP contribution is -2.30. The summed E-state index contributed by atoms with van der Waals surface area (Å²) in [6, 6.07) is 3.63. The van der Waals surface area contributed by atoms with Crippen molar-refractivity contribution in [3.05, 3.63) is 28.0 Å². The van der Waals surface area contributed by atoms with Crippen LogP contribution in [0.4, 0.5) is 0 Å². The summed E-state index contributed by atoms with van der Waals surface area (Å²) in [5.41, 5.74) is 1.60. The van der Waals surface area contributed by atoms with Crippen LogP contribution < -0.4 is 0 Å². The highest BCUT2D eigenvalue weighted by atomic mass is 35.5. The summed E-state index contributed by atoms with van der Waals surface area (Å²) < 4.78 is 7.96. The van der Waals surface area contributed by atoms with Gasteiger partial charge in [-0.3, -0.25) is 0 Å². The Morgan fingerprint density at radius 1 is 1.35 bits per heavy atom. The second-order valence-corrected chi connectivity index (χ2v) is 6.49.